The van der Waals surface area contributed by atoms with Crippen molar-refractivity contribution in [2.24, 2.45) is 5.41 Å². The standard InChI is InChI=1S/C9H19NO2/c1-7(9(2,3)4)10-6-8(11)12-5/h7,10H,6H2,1-5H3. The van der Waals surface area contributed by atoms with Gasteiger partial charge in [0.1, 0.15) is 0 Å². The Balaban J connectivity index is 3.72. The van der Waals surface area contributed by atoms with E-state index in [9.17, 15) is 4.79 Å². The molecule has 0 saturated carbocycles. The molecule has 1 atom stereocenters. The van der Waals surface area contributed by atoms with Crippen LogP contribution in [0.2, 0.25) is 0 Å². The van der Waals surface area contributed by atoms with Gasteiger partial charge in [0, 0.05) is 6.04 Å². The molecule has 72 valence electrons. The summed E-state index contributed by atoms with van der Waals surface area (Å²) in [6.07, 6.45) is 0. The maximum atomic E-state index is 10.8. The third-order valence-electron chi connectivity index (χ3n) is 2.08. The molecule has 12 heavy (non-hydrogen) atoms. The molecule has 3 nitrogen and oxygen atoms in total. The average Bonchev–Trinajstić information content (AvgIpc) is 1.97. The lowest BCUT2D eigenvalue weighted by Crippen LogP contribution is -2.40. The van der Waals surface area contributed by atoms with Crippen LogP contribution in [0.15, 0.2) is 0 Å². The summed E-state index contributed by atoms with van der Waals surface area (Å²) < 4.78 is 4.51. The Labute approximate surface area is 74.5 Å². The zero-order valence-corrected chi connectivity index (χ0v) is 8.60. The zero-order chi connectivity index (χ0) is 9.78. The van der Waals surface area contributed by atoms with Crippen LogP contribution in [0.3, 0.4) is 0 Å². The van der Waals surface area contributed by atoms with E-state index in [0.717, 1.165) is 0 Å². The van der Waals surface area contributed by atoms with Crippen LogP contribution in [0.1, 0.15) is 27.7 Å². The zero-order valence-electron chi connectivity index (χ0n) is 8.60. The number of carbonyl (C=O) groups is 1. The number of hydrogen-bond donors (Lipinski definition) is 1. The molecule has 3 heteroatoms. The number of methoxy groups -OCH3 is 1. The smallest absolute Gasteiger partial charge is 0.319 e. The molecule has 0 aliphatic rings. The first kappa shape index (κ1) is 11.4. The summed E-state index contributed by atoms with van der Waals surface area (Å²) >= 11 is 0. The summed E-state index contributed by atoms with van der Waals surface area (Å²) in [7, 11) is 1.39. The Morgan fingerprint density at radius 1 is 1.50 bits per heavy atom. The first-order chi connectivity index (χ1) is 5.38. The highest BCUT2D eigenvalue weighted by Crippen LogP contribution is 2.17. The average molecular weight is 173 g/mol. The van der Waals surface area contributed by atoms with Crippen LogP contribution < -0.4 is 5.32 Å². The van der Waals surface area contributed by atoms with Crippen LogP contribution in [0.5, 0.6) is 0 Å². The quantitative estimate of drug-likeness (QED) is 0.651. The Hall–Kier alpha value is -0.570. The highest BCUT2D eigenvalue weighted by atomic mass is 16.5. The molecular formula is C9H19NO2. The second-order valence-corrected chi connectivity index (χ2v) is 4.04. The Morgan fingerprint density at radius 2 is 2.00 bits per heavy atom. The van der Waals surface area contributed by atoms with E-state index in [1.54, 1.807) is 0 Å². The molecule has 0 amide bonds. The number of rotatable bonds is 3. The van der Waals surface area contributed by atoms with Crippen molar-refractivity contribution < 1.29 is 9.53 Å². The number of hydrogen-bond acceptors (Lipinski definition) is 3. The molecule has 0 aliphatic carbocycles. The van der Waals surface area contributed by atoms with Crippen molar-refractivity contribution in [3.63, 3.8) is 0 Å². The molecule has 0 aliphatic heterocycles. The first-order valence-electron chi connectivity index (χ1n) is 4.18. The number of esters is 1. The maximum absolute atomic E-state index is 10.8. The maximum Gasteiger partial charge on any atom is 0.319 e. The minimum absolute atomic E-state index is 0.175. The monoisotopic (exact) mass is 173 g/mol. The van der Waals surface area contributed by atoms with Gasteiger partial charge in [-0.3, -0.25) is 4.79 Å². The third-order valence-corrected chi connectivity index (χ3v) is 2.08. The molecule has 0 saturated heterocycles. The van der Waals surface area contributed by atoms with Gasteiger partial charge < -0.3 is 10.1 Å². The topological polar surface area (TPSA) is 38.3 Å². The Kier molecular flexibility index (Phi) is 4.24. The van der Waals surface area contributed by atoms with E-state index in [4.69, 9.17) is 0 Å². The lowest BCUT2D eigenvalue weighted by molar-refractivity contribution is -0.139. The van der Waals surface area contributed by atoms with E-state index in [1.165, 1.54) is 7.11 Å². The summed E-state index contributed by atoms with van der Waals surface area (Å²) in [5, 5.41) is 3.10. The molecule has 0 spiro atoms. The summed E-state index contributed by atoms with van der Waals surface area (Å²) in [5.41, 5.74) is 0.175. The molecule has 1 unspecified atom stereocenters. The predicted octanol–water partition coefficient (Wildman–Crippen LogP) is 1.18. The molecule has 1 N–H and O–H groups in total. The van der Waals surface area contributed by atoms with Gasteiger partial charge in [-0.25, -0.2) is 0 Å². The lowest BCUT2D eigenvalue weighted by atomic mass is 9.88. The molecule has 0 rings (SSSR count). The number of nitrogens with one attached hydrogen (secondary N) is 1. The second-order valence-electron chi connectivity index (χ2n) is 4.04. The molecule has 0 heterocycles. The van der Waals surface area contributed by atoms with Gasteiger partial charge in [0.15, 0.2) is 0 Å². The van der Waals surface area contributed by atoms with Crippen LogP contribution >= 0.6 is 0 Å². The fourth-order valence-electron chi connectivity index (χ4n) is 0.615. The van der Waals surface area contributed by atoms with Crippen molar-refractivity contribution in [1.82, 2.24) is 5.32 Å². The van der Waals surface area contributed by atoms with Gasteiger partial charge in [-0.15, -0.1) is 0 Å². The fourth-order valence-corrected chi connectivity index (χ4v) is 0.615. The summed E-state index contributed by atoms with van der Waals surface area (Å²) in [5.74, 6) is -0.217. The normalized spacial score (nSPS) is 14.1. The van der Waals surface area contributed by atoms with Crippen LogP contribution in [-0.2, 0) is 9.53 Å². The van der Waals surface area contributed by atoms with Crippen molar-refractivity contribution in [2.75, 3.05) is 13.7 Å². The highest BCUT2D eigenvalue weighted by molar-refractivity contribution is 5.71. The molecule has 0 aromatic rings. The Morgan fingerprint density at radius 3 is 2.33 bits per heavy atom. The van der Waals surface area contributed by atoms with Gasteiger partial charge in [0.05, 0.1) is 13.7 Å². The molecular weight excluding hydrogens is 154 g/mol. The largest absolute Gasteiger partial charge is 0.468 e. The SMILES string of the molecule is COC(=O)CNC(C)C(C)(C)C. The van der Waals surface area contributed by atoms with Crippen molar-refractivity contribution >= 4 is 5.97 Å². The van der Waals surface area contributed by atoms with E-state index in [0.29, 0.717) is 6.04 Å². The fraction of sp³-hybridized carbons (Fsp3) is 0.889. The lowest BCUT2D eigenvalue weighted by Gasteiger charge is -2.27. The molecule has 0 aromatic carbocycles. The van der Waals surface area contributed by atoms with Crippen molar-refractivity contribution in [3.8, 4) is 0 Å². The third kappa shape index (κ3) is 4.34. The number of ether oxygens (including phenoxy) is 1. The van der Waals surface area contributed by atoms with E-state index >= 15 is 0 Å². The van der Waals surface area contributed by atoms with Crippen LogP contribution in [0.4, 0.5) is 0 Å². The van der Waals surface area contributed by atoms with Crippen LogP contribution in [0.25, 0.3) is 0 Å². The van der Waals surface area contributed by atoms with Gasteiger partial charge in [-0.05, 0) is 12.3 Å². The minimum Gasteiger partial charge on any atom is -0.468 e. The van der Waals surface area contributed by atoms with Crippen molar-refractivity contribution in [3.05, 3.63) is 0 Å². The van der Waals surface area contributed by atoms with Gasteiger partial charge in [0.2, 0.25) is 0 Å². The van der Waals surface area contributed by atoms with Crippen molar-refractivity contribution in [2.45, 2.75) is 33.7 Å². The minimum atomic E-state index is -0.217. The van der Waals surface area contributed by atoms with Gasteiger partial charge >= 0.3 is 5.97 Å². The molecule has 0 bridgehead atoms. The van der Waals surface area contributed by atoms with E-state index in [1.807, 2.05) is 0 Å². The molecule has 0 aromatic heterocycles. The first-order valence-corrected chi connectivity index (χ1v) is 4.18. The predicted molar refractivity (Wildman–Crippen MR) is 48.9 cm³/mol. The van der Waals surface area contributed by atoms with E-state index in [-0.39, 0.29) is 17.9 Å². The van der Waals surface area contributed by atoms with Crippen molar-refractivity contribution in [1.29, 1.82) is 0 Å². The van der Waals surface area contributed by atoms with E-state index in [2.05, 4.69) is 37.7 Å². The van der Waals surface area contributed by atoms with E-state index < -0.39 is 0 Å². The van der Waals surface area contributed by atoms with Gasteiger partial charge in [-0.2, -0.15) is 0 Å². The Bertz CT molecular complexity index is 149. The summed E-state index contributed by atoms with van der Waals surface area (Å²) in [6.45, 7) is 8.73. The van der Waals surface area contributed by atoms with Crippen LogP contribution in [0, 0.1) is 5.41 Å². The molecule has 0 fully saturated rings. The second kappa shape index (κ2) is 4.45. The number of carbonyl (C=O) groups excluding carboxylic acids is 1. The van der Waals surface area contributed by atoms with Gasteiger partial charge in [-0.1, -0.05) is 20.8 Å². The summed E-state index contributed by atoms with van der Waals surface area (Å²) in [6, 6.07) is 0.302. The summed E-state index contributed by atoms with van der Waals surface area (Å²) in [4.78, 5) is 10.8. The highest BCUT2D eigenvalue weighted by Gasteiger charge is 2.19. The molecule has 0 radical (unpaired) electrons. The van der Waals surface area contributed by atoms with Crippen LogP contribution in [-0.4, -0.2) is 25.7 Å². The van der Waals surface area contributed by atoms with Gasteiger partial charge in [0.25, 0.3) is 0 Å².